The van der Waals surface area contributed by atoms with Gasteiger partial charge in [0.1, 0.15) is 15.5 Å². The van der Waals surface area contributed by atoms with E-state index >= 15 is 0 Å². The fraction of sp³-hybridized carbons (Fsp3) is 0.348. The molecular formula is C23H28N4O2S. The summed E-state index contributed by atoms with van der Waals surface area (Å²) < 4.78 is 0. The zero-order chi connectivity index (χ0) is 21.7. The van der Waals surface area contributed by atoms with Crippen molar-refractivity contribution in [1.29, 1.82) is 0 Å². The second-order valence-corrected chi connectivity index (χ2v) is 7.78. The monoisotopic (exact) mass is 424 g/mol. The largest absolute Gasteiger partial charge is 0.395 e. The van der Waals surface area contributed by atoms with E-state index in [1.54, 1.807) is 11.1 Å². The van der Waals surface area contributed by atoms with Gasteiger partial charge in [-0.3, -0.25) is 14.7 Å². The molecule has 0 saturated carbocycles. The van der Waals surface area contributed by atoms with Crippen LogP contribution < -0.4 is 5.32 Å². The van der Waals surface area contributed by atoms with Gasteiger partial charge in [0.25, 0.3) is 5.91 Å². The van der Waals surface area contributed by atoms with Crippen molar-refractivity contribution in [3.63, 3.8) is 0 Å². The van der Waals surface area contributed by atoms with E-state index in [1.807, 2.05) is 45.9 Å². The highest BCUT2D eigenvalue weighted by Crippen LogP contribution is 2.38. The number of allylic oxidation sites excluding steroid dienone is 5. The Balaban J connectivity index is 0.00000124. The number of fused-ring (bicyclic) bond motifs is 3. The normalized spacial score (nSPS) is 16.0. The van der Waals surface area contributed by atoms with Crippen LogP contribution in [-0.4, -0.2) is 39.9 Å². The van der Waals surface area contributed by atoms with Crippen LogP contribution in [-0.2, 0) is 6.54 Å². The zero-order valence-electron chi connectivity index (χ0n) is 17.9. The lowest BCUT2D eigenvalue weighted by Crippen LogP contribution is -2.33. The van der Waals surface area contributed by atoms with Crippen molar-refractivity contribution in [3.8, 4) is 0 Å². The molecule has 2 aromatic rings. The van der Waals surface area contributed by atoms with Crippen LogP contribution in [0.15, 0.2) is 52.8 Å². The van der Waals surface area contributed by atoms with E-state index in [0.717, 1.165) is 32.7 Å². The number of aliphatic imine (C=N–C) groups is 1. The molecule has 30 heavy (non-hydrogen) atoms. The lowest BCUT2D eigenvalue weighted by Gasteiger charge is -2.22. The highest BCUT2D eigenvalue weighted by Gasteiger charge is 2.30. The quantitative estimate of drug-likeness (QED) is 0.732. The molecule has 3 heterocycles. The molecule has 158 valence electrons. The first-order valence-corrected chi connectivity index (χ1v) is 11.1. The average molecular weight is 425 g/mol. The third kappa shape index (κ3) is 4.22. The fourth-order valence-electron chi connectivity index (χ4n) is 3.48. The molecule has 0 saturated heterocycles. The lowest BCUT2D eigenvalue weighted by molar-refractivity contribution is 0.0880. The summed E-state index contributed by atoms with van der Waals surface area (Å²) in [7, 11) is 0. The van der Waals surface area contributed by atoms with Gasteiger partial charge < -0.3 is 10.4 Å². The highest BCUT2D eigenvalue weighted by atomic mass is 32.1. The maximum atomic E-state index is 13.5. The predicted molar refractivity (Wildman–Crippen MR) is 125 cm³/mol. The van der Waals surface area contributed by atoms with Gasteiger partial charge in [0.05, 0.1) is 13.2 Å². The molecule has 1 aliphatic heterocycles. The minimum atomic E-state index is -0.0579. The van der Waals surface area contributed by atoms with Crippen LogP contribution in [0.1, 0.15) is 49.4 Å². The van der Waals surface area contributed by atoms with E-state index in [0.29, 0.717) is 30.2 Å². The molecule has 4 rings (SSSR count). The van der Waals surface area contributed by atoms with Gasteiger partial charge in [-0.15, -0.1) is 11.3 Å². The predicted octanol–water partition coefficient (Wildman–Crippen LogP) is 4.89. The SMILES string of the molecule is CC.CC1=CC=C(N2C(=O)c3sc4nccc(NCCO)c4c3CN=C2C)CC=C1. The van der Waals surface area contributed by atoms with Gasteiger partial charge in [-0.25, -0.2) is 4.98 Å². The van der Waals surface area contributed by atoms with Crippen molar-refractivity contribution >= 4 is 39.0 Å². The lowest BCUT2D eigenvalue weighted by atomic mass is 10.1. The molecule has 0 fully saturated rings. The van der Waals surface area contributed by atoms with Crippen molar-refractivity contribution in [1.82, 2.24) is 9.88 Å². The highest BCUT2D eigenvalue weighted by molar-refractivity contribution is 7.20. The third-order valence-corrected chi connectivity index (χ3v) is 5.97. The minimum absolute atomic E-state index is 0.0364. The summed E-state index contributed by atoms with van der Waals surface area (Å²) in [6, 6.07) is 1.88. The molecule has 6 nitrogen and oxygen atoms in total. The van der Waals surface area contributed by atoms with E-state index in [1.165, 1.54) is 11.3 Å². The molecule has 2 aliphatic rings. The summed E-state index contributed by atoms with van der Waals surface area (Å²) in [5.74, 6) is 0.639. The maximum absolute atomic E-state index is 13.5. The van der Waals surface area contributed by atoms with E-state index < -0.39 is 0 Å². The van der Waals surface area contributed by atoms with Gasteiger partial charge in [0.15, 0.2) is 0 Å². The number of hydrogen-bond acceptors (Lipinski definition) is 6. The topological polar surface area (TPSA) is 77.8 Å². The number of amides is 1. The maximum Gasteiger partial charge on any atom is 0.274 e. The number of carbonyl (C=O) groups excluding carboxylic acids is 1. The number of anilines is 1. The Kier molecular flexibility index (Phi) is 7.18. The fourth-order valence-corrected chi connectivity index (χ4v) is 4.59. The van der Waals surface area contributed by atoms with Crippen LogP contribution in [0.4, 0.5) is 5.69 Å². The number of pyridine rings is 1. The van der Waals surface area contributed by atoms with Gasteiger partial charge >= 0.3 is 0 Å². The molecule has 7 heteroatoms. The molecule has 0 radical (unpaired) electrons. The number of aliphatic hydroxyl groups is 1. The number of aromatic nitrogens is 1. The van der Waals surface area contributed by atoms with Crippen LogP contribution in [0.25, 0.3) is 10.2 Å². The van der Waals surface area contributed by atoms with Crippen LogP contribution >= 0.6 is 11.3 Å². The Morgan fingerprint density at radius 1 is 1.27 bits per heavy atom. The second kappa shape index (κ2) is 9.82. The minimum Gasteiger partial charge on any atom is -0.395 e. The zero-order valence-corrected chi connectivity index (χ0v) is 18.7. The summed E-state index contributed by atoms with van der Waals surface area (Å²) in [5, 5.41) is 13.3. The van der Waals surface area contributed by atoms with Gasteiger partial charge in [-0.2, -0.15) is 0 Å². The van der Waals surface area contributed by atoms with Crippen molar-refractivity contribution < 1.29 is 9.90 Å². The van der Waals surface area contributed by atoms with Gasteiger partial charge in [0, 0.05) is 41.5 Å². The Hall–Kier alpha value is -2.77. The Morgan fingerprint density at radius 3 is 2.83 bits per heavy atom. The van der Waals surface area contributed by atoms with Crippen LogP contribution in [0.5, 0.6) is 0 Å². The molecule has 0 atom stereocenters. The number of carbonyl (C=O) groups is 1. The number of aliphatic hydroxyl groups excluding tert-OH is 1. The summed E-state index contributed by atoms with van der Waals surface area (Å²) in [5.41, 5.74) is 3.84. The Morgan fingerprint density at radius 2 is 2.07 bits per heavy atom. The molecule has 0 spiro atoms. The van der Waals surface area contributed by atoms with E-state index in [2.05, 4.69) is 22.5 Å². The van der Waals surface area contributed by atoms with Crippen LogP contribution in [0, 0.1) is 0 Å². The molecule has 2 N–H and O–H groups in total. The van der Waals surface area contributed by atoms with E-state index in [9.17, 15) is 4.79 Å². The smallest absolute Gasteiger partial charge is 0.274 e. The second-order valence-electron chi connectivity index (χ2n) is 6.78. The third-order valence-electron chi connectivity index (χ3n) is 4.84. The summed E-state index contributed by atoms with van der Waals surface area (Å²) in [6.07, 6.45) is 10.5. The van der Waals surface area contributed by atoms with Crippen LogP contribution in [0.3, 0.4) is 0 Å². The molecule has 1 aliphatic carbocycles. The first-order chi connectivity index (χ1) is 14.6. The number of thiophene rings is 1. The van der Waals surface area contributed by atoms with Crippen LogP contribution in [0.2, 0.25) is 0 Å². The van der Waals surface area contributed by atoms with E-state index in [4.69, 9.17) is 10.1 Å². The Labute approximate surface area is 181 Å². The molecular weight excluding hydrogens is 396 g/mol. The number of amidine groups is 1. The van der Waals surface area contributed by atoms with Crippen molar-refractivity contribution in [2.24, 2.45) is 4.99 Å². The molecule has 2 aromatic heterocycles. The molecule has 0 aromatic carbocycles. The number of rotatable bonds is 4. The average Bonchev–Trinajstić information content (AvgIpc) is 2.94. The van der Waals surface area contributed by atoms with Crippen molar-refractivity contribution in [2.75, 3.05) is 18.5 Å². The summed E-state index contributed by atoms with van der Waals surface area (Å²) in [6.45, 7) is 8.83. The Bertz CT molecular complexity index is 1060. The first kappa shape index (κ1) is 21.9. The number of nitrogens with one attached hydrogen (secondary N) is 1. The van der Waals surface area contributed by atoms with Gasteiger partial charge in [-0.1, -0.05) is 37.6 Å². The van der Waals surface area contributed by atoms with Crippen molar-refractivity contribution in [3.05, 3.63) is 58.3 Å². The standard InChI is InChI=1S/C21H22N4O2S.C2H6/c1-13-4-3-5-15(7-6-13)25-14(2)24-12-16-18-17(22-10-11-26)8-9-23-20(18)28-19(16)21(25)27;1-2/h3-4,6-9,26H,5,10-12H2,1-2H3,(H,22,23);1-2H3. The number of hydrogen-bond donors (Lipinski definition) is 2. The summed E-state index contributed by atoms with van der Waals surface area (Å²) in [4.78, 5) is 25.9. The van der Waals surface area contributed by atoms with Crippen molar-refractivity contribution in [2.45, 2.75) is 40.7 Å². The van der Waals surface area contributed by atoms with Gasteiger partial charge in [-0.05, 0) is 26.0 Å². The molecule has 0 unspecified atom stereocenters. The number of nitrogens with zero attached hydrogens (tertiary/aromatic N) is 3. The molecule has 1 amide bonds. The molecule has 0 bridgehead atoms. The van der Waals surface area contributed by atoms with E-state index in [-0.39, 0.29) is 12.5 Å². The summed E-state index contributed by atoms with van der Waals surface area (Å²) >= 11 is 1.41. The van der Waals surface area contributed by atoms with Gasteiger partial charge in [0.2, 0.25) is 0 Å². The first-order valence-electron chi connectivity index (χ1n) is 10.2.